The molecule has 0 spiro atoms. The van der Waals surface area contributed by atoms with Crippen LogP contribution in [0.3, 0.4) is 0 Å². The molecule has 0 aliphatic rings. The number of thioether (sulfide) groups is 1. The number of unbranched alkanes of at least 4 members (excludes halogenated alkanes) is 1. The van der Waals surface area contributed by atoms with Crippen LogP contribution in [0.2, 0.25) is 0 Å². The van der Waals surface area contributed by atoms with Crippen LogP contribution < -0.4 is 10.9 Å². The third-order valence-corrected chi connectivity index (χ3v) is 5.99. The average Bonchev–Trinajstić information content (AvgIpc) is 2.78. The lowest BCUT2D eigenvalue weighted by molar-refractivity contribution is -0.131. The maximum Gasteiger partial charge on any atom is 0.262 e. The Kier molecular flexibility index (Phi) is 8.05. The van der Waals surface area contributed by atoms with Crippen LogP contribution in [0.1, 0.15) is 25.3 Å². The van der Waals surface area contributed by atoms with Crippen molar-refractivity contribution in [2.45, 2.75) is 38.4 Å². The number of carbonyl (C=O) groups is 2. The number of hydrogen-bond donors (Lipinski definition) is 1. The van der Waals surface area contributed by atoms with Gasteiger partial charge in [0.05, 0.1) is 23.2 Å². The molecule has 3 aromatic rings. The van der Waals surface area contributed by atoms with Gasteiger partial charge in [-0.25, -0.2) is 4.98 Å². The van der Waals surface area contributed by atoms with Crippen LogP contribution in [0.5, 0.6) is 0 Å². The van der Waals surface area contributed by atoms with Crippen molar-refractivity contribution in [1.82, 2.24) is 14.5 Å². The summed E-state index contributed by atoms with van der Waals surface area (Å²) in [5.74, 6) is -0.387. The number of para-hydroxylation sites is 1. The van der Waals surface area contributed by atoms with Gasteiger partial charge in [0.1, 0.15) is 0 Å². The lowest BCUT2D eigenvalue weighted by atomic mass is 10.2. The number of likely N-dealkylation sites (N-methyl/N-ethyl adjacent to an activating group) is 1. The first kappa shape index (κ1) is 23.5. The van der Waals surface area contributed by atoms with Gasteiger partial charge in [0.15, 0.2) is 5.16 Å². The molecule has 8 heteroatoms. The van der Waals surface area contributed by atoms with Gasteiger partial charge in [0, 0.05) is 19.3 Å². The molecule has 0 bridgehead atoms. The first-order chi connectivity index (χ1) is 15.4. The SMILES string of the molecule is CCCCn1c(SCC(=O)N(C)CC(=O)Nc2ccc(C)cc2)nc2ccccc2c1=O. The fraction of sp³-hybridized carbons (Fsp3) is 0.333. The van der Waals surface area contributed by atoms with E-state index in [0.717, 1.165) is 18.4 Å². The van der Waals surface area contributed by atoms with Gasteiger partial charge < -0.3 is 10.2 Å². The number of amides is 2. The van der Waals surface area contributed by atoms with E-state index in [1.807, 2.05) is 43.3 Å². The summed E-state index contributed by atoms with van der Waals surface area (Å²) in [4.78, 5) is 43.8. The van der Waals surface area contributed by atoms with Crippen LogP contribution in [-0.4, -0.2) is 45.6 Å². The molecule has 0 unspecified atom stereocenters. The van der Waals surface area contributed by atoms with Crippen molar-refractivity contribution < 1.29 is 9.59 Å². The largest absolute Gasteiger partial charge is 0.336 e. The molecule has 3 rings (SSSR count). The number of aryl methyl sites for hydroxylation is 1. The Bertz CT molecular complexity index is 1160. The Balaban J connectivity index is 1.65. The molecule has 0 radical (unpaired) electrons. The number of fused-ring (bicyclic) bond motifs is 1. The van der Waals surface area contributed by atoms with Crippen LogP contribution in [-0.2, 0) is 16.1 Å². The van der Waals surface area contributed by atoms with Crippen LogP contribution in [0, 0.1) is 6.92 Å². The predicted molar refractivity (Wildman–Crippen MR) is 129 cm³/mol. The molecule has 32 heavy (non-hydrogen) atoms. The summed E-state index contributed by atoms with van der Waals surface area (Å²) in [6.07, 6.45) is 1.79. The second-order valence-electron chi connectivity index (χ2n) is 7.67. The van der Waals surface area contributed by atoms with Crippen LogP contribution >= 0.6 is 11.8 Å². The molecule has 1 N–H and O–H groups in total. The summed E-state index contributed by atoms with van der Waals surface area (Å²) >= 11 is 1.22. The van der Waals surface area contributed by atoms with E-state index in [9.17, 15) is 14.4 Å². The molecule has 0 fully saturated rings. The zero-order valence-electron chi connectivity index (χ0n) is 18.6. The fourth-order valence-corrected chi connectivity index (χ4v) is 4.11. The average molecular weight is 453 g/mol. The molecule has 0 atom stereocenters. The Morgan fingerprint density at radius 3 is 2.56 bits per heavy atom. The maximum absolute atomic E-state index is 12.9. The van der Waals surface area contributed by atoms with E-state index < -0.39 is 0 Å². The molecule has 0 saturated heterocycles. The molecule has 1 aromatic heterocycles. The molecule has 7 nitrogen and oxygen atoms in total. The molecule has 1 heterocycles. The molecule has 0 aliphatic heterocycles. The van der Waals surface area contributed by atoms with Crippen molar-refractivity contribution in [3.05, 3.63) is 64.4 Å². The summed E-state index contributed by atoms with van der Waals surface area (Å²) in [6.45, 7) is 4.54. The normalized spacial score (nSPS) is 10.8. The monoisotopic (exact) mass is 452 g/mol. The van der Waals surface area contributed by atoms with Crippen molar-refractivity contribution in [2.24, 2.45) is 0 Å². The molecular weight excluding hydrogens is 424 g/mol. The molecular formula is C24H28N4O3S. The van der Waals surface area contributed by atoms with Gasteiger partial charge >= 0.3 is 0 Å². The van der Waals surface area contributed by atoms with E-state index in [4.69, 9.17) is 0 Å². The van der Waals surface area contributed by atoms with E-state index in [2.05, 4.69) is 17.2 Å². The van der Waals surface area contributed by atoms with Gasteiger partial charge in [-0.05, 0) is 37.6 Å². The summed E-state index contributed by atoms with van der Waals surface area (Å²) in [5, 5.41) is 3.89. The molecule has 0 saturated carbocycles. The lowest BCUT2D eigenvalue weighted by Crippen LogP contribution is -2.36. The van der Waals surface area contributed by atoms with Crippen LogP contribution in [0.25, 0.3) is 10.9 Å². The Morgan fingerprint density at radius 1 is 1.12 bits per heavy atom. The van der Waals surface area contributed by atoms with Gasteiger partial charge in [-0.3, -0.25) is 19.0 Å². The van der Waals surface area contributed by atoms with Crippen molar-refractivity contribution in [3.63, 3.8) is 0 Å². The quantitative estimate of drug-likeness (QED) is 0.395. The Morgan fingerprint density at radius 2 is 1.84 bits per heavy atom. The highest BCUT2D eigenvalue weighted by Gasteiger charge is 2.17. The molecule has 168 valence electrons. The minimum Gasteiger partial charge on any atom is -0.336 e. The second kappa shape index (κ2) is 10.9. The summed E-state index contributed by atoms with van der Waals surface area (Å²) in [6, 6.07) is 14.7. The highest BCUT2D eigenvalue weighted by atomic mass is 32.2. The van der Waals surface area contributed by atoms with Gasteiger partial charge in [-0.15, -0.1) is 0 Å². The van der Waals surface area contributed by atoms with Crippen molar-refractivity contribution in [3.8, 4) is 0 Å². The third-order valence-electron chi connectivity index (χ3n) is 5.03. The first-order valence-electron chi connectivity index (χ1n) is 10.6. The summed E-state index contributed by atoms with van der Waals surface area (Å²) in [5.41, 5.74) is 2.32. The molecule has 0 aliphatic carbocycles. The van der Waals surface area contributed by atoms with E-state index in [-0.39, 0.29) is 29.7 Å². The third kappa shape index (κ3) is 5.97. The Hall–Kier alpha value is -3.13. The topological polar surface area (TPSA) is 84.3 Å². The second-order valence-corrected chi connectivity index (χ2v) is 8.62. The van der Waals surface area contributed by atoms with E-state index in [1.165, 1.54) is 16.7 Å². The van der Waals surface area contributed by atoms with Crippen LogP contribution in [0.4, 0.5) is 5.69 Å². The van der Waals surface area contributed by atoms with Crippen molar-refractivity contribution in [1.29, 1.82) is 0 Å². The zero-order valence-corrected chi connectivity index (χ0v) is 19.4. The predicted octanol–water partition coefficient (Wildman–Crippen LogP) is 3.69. The first-order valence-corrected chi connectivity index (χ1v) is 11.6. The number of rotatable bonds is 9. The smallest absolute Gasteiger partial charge is 0.262 e. The zero-order chi connectivity index (χ0) is 23.1. The lowest BCUT2D eigenvalue weighted by Gasteiger charge is -2.17. The number of hydrogen-bond acceptors (Lipinski definition) is 5. The van der Waals surface area contributed by atoms with Crippen LogP contribution in [0.15, 0.2) is 58.5 Å². The minimum atomic E-state index is -0.265. The van der Waals surface area contributed by atoms with Gasteiger partial charge in [-0.1, -0.05) is 54.9 Å². The van der Waals surface area contributed by atoms with Crippen molar-refractivity contribution >= 4 is 40.2 Å². The fourth-order valence-electron chi connectivity index (χ4n) is 3.15. The Labute approximate surface area is 191 Å². The number of benzene rings is 2. The number of carbonyl (C=O) groups excluding carboxylic acids is 2. The highest BCUT2D eigenvalue weighted by molar-refractivity contribution is 7.99. The maximum atomic E-state index is 12.9. The standard InChI is InChI=1S/C24H28N4O3S/c1-4-5-14-28-23(31)19-8-6-7-9-20(19)26-24(28)32-16-22(30)27(3)15-21(29)25-18-12-10-17(2)11-13-18/h6-13H,4-5,14-16H2,1-3H3,(H,25,29). The number of aromatic nitrogens is 2. The van der Waals surface area contributed by atoms with Gasteiger partial charge in [-0.2, -0.15) is 0 Å². The van der Waals surface area contributed by atoms with E-state index >= 15 is 0 Å². The summed E-state index contributed by atoms with van der Waals surface area (Å²) < 4.78 is 1.65. The van der Waals surface area contributed by atoms with E-state index in [0.29, 0.717) is 28.3 Å². The summed E-state index contributed by atoms with van der Waals surface area (Å²) in [7, 11) is 1.59. The van der Waals surface area contributed by atoms with Crippen molar-refractivity contribution in [2.75, 3.05) is 24.7 Å². The number of nitrogens with zero attached hydrogens (tertiary/aromatic N) is 3. The minimum absolute atomic E-state index is 0.0545. The number of nitrogens with one attached hydrogen (secondary N) is 1. The highest BCUT2D eigenvalue weighted by Crippen LogP contribution is 2.19. The van der Waals surface area contributed by atoms with Gasteiger partial charge in [0.25, 0.3) is 5.56 Å². The molecule has 2 aromatic carbocycles. The number of anilines is 1. The van der Waals surface area contributed by atoms with Gasteiger partial charge in [0.2, 0.25) is 11.8 Å². The molecule has 2 amide bonds. The van der Waals surface area contributed by atoms with E-state index in [1.54, 1.807) is 23.7 Å².